The van der Waals surface area contributed by atoms with Gasteiger partial charge >= 0.3 is 5.97 Å². The lowest BCUT2D eigenvalue weighted by Crippen LogP contribution is -2.42. The highest BCUT2D eigenvalue weighted by atomic mass is 16.6. The van der Waals surface area contributed by atoms with Crippen LogP contribution < -0.4 is 10.1 Å². The van der Waals surface area contributed by atoms with E-state index in [9.17, 15) is 19.5 Å². The van der Waals surface area contributed by atoms with E-state index in [0.717, 1.165) is 5.56 Å². The summed E-state index contributed by atoms with van der Waals surface area (Å²) in [5, 5.41) is 12.6. The van der Waals surface area contributed by atoms with Crippen LogP contribution in [0.25, 0.3) is 0 Å². The number of amides is 2. The number of esters is 1. The zero-order valence-corrected chi connectivity index (χ0v) is 17.3. The Morgan fingerprint density at radius 2 is 1.86 bits per heavy atom. The van der Waals surface area contributed by atoms with Crippen molar-refractivity contribution in [3.63, 3.8) is 0 Å². The molecule has 1 aromatic carbocycles. The molecule has 0 fully saturated rings. The number of aliphatic hydroxyl groups is 1. The first-order valence-electron chi connectivity index (χ1n) is 9.45. The van der Waals surface area contributed by atoms with Crippen molar-refractivity contribution in [2.75, 3.05) is 20.2 Å². The molecule has 0 atom stereocenters. The number of benzene rings is 1. The monoisotopic (exact) mass is 404 g/mol. The molecule has 0 aliphatic carbocycles. The smallest absolute Gasteiger partial charge is 0.308 e. The maximum atomic E-state index is 12.7. The minimum absolute atomic E-state index is 0.0102. The van der Waals surface area contributed by atoms with E-state index in [1.807, 2.05) is 12.1 Å². The molecule has 0 saturated carbocycles. The van der Waals surface area contributed by atoms with E-state index in [1.54, 1.807) is 40.0 Å². The average molecular weight is 404 g/mol. The highest BCUT2D eigenvalue weighted by molar-refractivity contribution is 6.19. The number of carbonyl (C=O) groups is 3. The number of ether oxygens (including phenoxy) is 2. The number of hydrogen-bond acceptors (Lipinski definition) is 6. The number of aliphatic hydroxyl groups excluding tert-OH is 1. The van der Waals surface area contributed by atoms with Crippen LogP contribution in [0.4, 0.5) is 0 Å². The van der Waals surface area contributed by atoms with Crippen molar-refractivity contribution in [1.82, 2.24) is 10.2 Å². The molecule has 1 aromatic rings. The van der Waals surface area contributed by atoms with Gasteiger partial charge < -0.3 is 24.8 Å². The predicted octanol–water partition coefficient (Wildman–Crippen LogP) is 2.09. The molecule has 0 bridgehead atoms. The van der Waals surface area contributed by atoms with Gasteiger partial charge in [0.1, 0.15) is 22.7 Å². The van der Waals surface area contributed by atoms with Crippen molar-refractivity contribution in [2.45, 2.75) is 45.8 Å². The number of nitrogens with zero attached hydrogens (tertiary/aromatic N) is 1. The maximum Gasteiger partial charge on any atom is 0.308 e. The summed E-state index contributed by atoms with van der Waals surface area (Å²) >= 11 is 0. The molecule has 158 valence electrons. The van der Waals surface area contributed by atoms with Gasteiger partial charge in [0.2, 0.25) is 0 Å². The summed E-state index contributed by atoms with van der Waals surface area (Å²) in [6.07, 6.45) is 0.164. The van der Waals surface area contributed by atoms with E-state index in [2.05, 4.69) is 5.32 Å². The van der Waals surface area contributed by atoms with Crippen LogP contribution in [0.1, 0.15) is 39.2 Å². The van der Waals surface area contributed by atoms with Crippen LogP contribution >= 0.6 is 0 Å². The molecule has 1 aliphatic rings. The van der Waals surface area contributed by atoms with Crippen molar-refractivity contribution < 1.29 is 29.0 Å². The second-order valence-corrected chi connectivity index (χ2v) is 7.74. The molecule has 1 aliphatic heterocycles. The van der Waals surface area contributed by atoms with E-state index in [1.165, 1.54) is 4.90 Å². The van der Waals surface area contributed by atoms with Gasteiger partial charge in [-0.3, -0.25) is 14.4 Å². The first kappa shape index (κ1) is 22.3. The predicted molar refractivity (Wildman–Crippen MR) is 106 cm³/mol. The number of carbonyl (C=O) groups excluding carboxylic acids is 3. The van der Waals surface area contributed by atoms with E-state index in [0.29, 0.717) is 18.8 Å². The molecule has 2 N–H and O–H groups in total. The minimum Gasteiger partial charge on any atom is -0.511 e. The topological polar surface area (TPSA) is 105 Å². The normalized spacial score (nSPS) is 14.6. The fraction of sp³-hybridized carbons (Fsp3) is 0.476. The second kappa shape index (κ2) is 9.45. The Kier molecular flexibility index (Phi) is 7.25. The number of rotatable bonds is 7. The zero-order chi connectivity index (χ0) is 21.6. The van der Waals surface area contributed by atoms with Crippen molar-refractivity contribution in [3.05, 3.63) is 41.2 Å². The van der Waals surface area contributed by atoms with Crippen LogP contribution in [0.2, 0.25) is 0 Å². The summed E-state index contributed by atoms with van der Waals surface area (Å²) in [6, 6.07) is 7.26. The summed E-state index contributed by atoms with van der Waals surface area (Å²) in [7, 11) is 1.57. The Labute approximate surface area is 170 Å². The van der Waals surface area contributed by atoms with Gasteiger partial charge in [-0.05, 0) is 38.5 Å². The van der Waals surface area contributed by atoms with Crippen molar-refractivity contribution in [3.8, 4) is 5.75 Å². The Bertz CT molecular complexity index is 792. The van der Waals surface area contributed by atoms with Crippen molar-refractivity contribution in [1.29, 1.82) is 0 Å². The molecule has 0 radical (unpaired) electrons. The van der Waals surface area contributed by atoms with Gasteiger partial charge in [0.05, 0.1) is 13.5 Å². The zero-order valence-electron chi connectivity index (χ0n) is 17.3. The third-order valence-corrected chi connectivity index (χ3v) is 4.20. The molecule has 1 heterocycles. The fourth-order valence-electron chi connectivity index (χ4n) is 2.84. The third-order valence-electron chi connectivity index (χ3n) is 4.20. The molecule has 29 heavy (non-hydrogen) atoms. The molecule has 0 unspecified atom stereocenters. The molecule has 0 saturated heterocycles. The van der Waals surface area contributed by atoms with Crippen LogP contribution in [0.5, 0.6) is 5.75 Å². The summed E-state index contributed by atoms with van der Waals surface area (Å²) in [5.74, 6) is -1.22. The maximum absolute atomic E-state index is 12.7. The van der Waals surface area contributed by atoms with Gasteiger partial charge in [-0.1, -0.05) is 12.1 Å². The highest BCUT2D eigenvalue weighted by Gasteiger charge is 2.32. The minimum atomic E-state index is -0.699. The molecule has 8 heteroatoms. The lowest BCUT2D eigenvalue weighted by molar-refractivity contribution is -0.154. The number of methoxy groups -OCH3 is 1. The molecule has 2 rings (SSSR count). The second-order valence-electron chi connectivity index (χ2n) is 7.74. The molecular weight excluding hydrogens is 376 g/mol. The van der Waals surface area contributed by atoms with Crippen LogP contribution in [-0.2, 0) is 25.7 Å². The largest absolute Gasteiger partial charge is 0.511 e. The number of nitrogens with one attached hydrogen (secondary N) is 1. The highest BCUT2D eigenvalue weighted by Crippen LogP contribution is 2.21. The molecule has 2 amide bonds. The van der Waals surface area contributed by atoms with Gasteiger partial charge in [-0.2, -0.15) is 0 Å². The standard InChI is InChI=1S/C21H28N2O6/c1-21(2,3)29-17(25)9-11-22-19(26)18-16(24)10-12-23(20(18)27)13-14-5-7-15(28-4)8-6-14/h5-8,24H,9-13H2,1-4H3,(H,22,26). The summed E-state index contributed by atoms with van der Waals surface area (Å²) < 4.78 is 10.3. The van der Waals surface area contributed by atoms with E-state index in [-0.39, 0.29) is 30.7 Å². The first-order chi connectivity index (χ1) is 13.6. The van der Waals surface area contributed by atoms with Gasteiger partial charge in [-0.15, -0.1) is 0 Å². The Hall–Kier alpha value is -3.03. The van der Waals surface area contributed by atoms with Crippen LogP contribution in [0.15, 0.2) is 35.6 Å². The van der Waals surface area contributed by atoms with Gasteiger partial charge in [0.25, 0.3) is 11.8 Å². The lowest BCUT2D eigenvalue weighted by atomic mass is 10.0. The van der Waals surface area contributed by atoms with Gasteiger partial charge in [0, 0.05) is 26.1 Å². The summed E-state index contributed by atoms with van der Waals surface area (Å²) in [4.78, 5) is 38.4. The van der Waals surface area contributed by atoms with Crippen LogP contribution in [0.3, 0.4) is 0 Å². The Morgan fingerprint density at radius 1 is 1.21 bits per heavy atom. The molecule has 0 aromatic heterocycles. The molecular formula is C21H28N2O6. The molecule has 8 nitrogen and oxygen atoms in total. The van der Waals surface area contributed by atoms with E-state index >= 15 is 0 Å². The Morgan fingerprint density at radius 3 is 2.45 bits per heavy atom. The van der Waals surface area contributed by atoms with Crippen LogP contribution in [0, 0.1) is 0 Å². The summed E-state index contributed by atoms with van der Waals surface area (Å²) in [6.45, 7) is 5.89. The van der Waals surface area contributed by atoms with Gasteiger partial charge in [0.15, 0.2) is 0 Å². The van der Waals surface area contributed by atoms with E-state index in [4.69, 9.17) is 9.47 Å². The van der Waals surface area contributed by atoms with Crippen LogP contribution in [-0.4, -0.2) is 53.6 Å². The van der Waals surface area contributed by atoms with Crippen molar-refractivity contribution in [2.24, 2.45) is 0 Å². The quantitative estimate of drug-likeness (QED) is 0.533. The SMILES string of the molecule is COc1ccc(CN2CCC(O)=C(C(=O)NCCC(=O)OC(C)(C)C)C2=O)cc1. The van der Waals surface area contributed by atoms with Crippen molar-refractivity contribution >= 4 is 17.8 Å². The summed E-state index contributed by atoms with van der Waals surface area (Å²) in [5.41, 5.74) is -0.0115. The Balaban J connectivity index is 1.95. The molecule has 0 spiro atoms. The average Bonchev–Trinajstić information content (AvgIpc) is 2.63. The lowest BCUT2D eigenvalue weighted by Gasteiger charge is -2.28. The third kappa shape index (κ3) is 6.51. The van der Waals surface area contributed by atoms with E-state index < -0.39 is 23.4 Å². The first-order valence-corrected chi connectivity index (χ1v) is 9.45. The fourth-order valence-corrected chi connectivity index (χ4v) is 2.84. The number of hydrogen-bond donors (Lipinski definition) is 2. The van der Waals surface area contributed by atoms with Gasteiger partial charge in [-0.25, -0.2) is 0 Å².